The molecule has 0 unspecified atom stereocenters. The largest absolute Gasteiger partial charge is 0.368 e. The van der Waals surface area contributed by atoms with Crippen molar-refractivity contribution in [1.82, 2.24) is 15.0 Å². The Hall–Kier alpha value is -2.43. The Morgan fingerprint density at radius 3 is 2.12 bits per heavy atom. The summed E-state index contributed by atoms with van der Waals surface area (Å²) in [5, 5.41) is 0. The van der Waals surface area contributed by atoms with Crippen LogP contribution in [0.3, 0.4) is 0 Å². The number of nitrogen functional groups attached to an aromatic ring is 2. The quantitative estimate of drug-likeness (QED) is 0.740. The van der Waals surface area contributed by atoms with Gasteiger partial charge in [0.25, 0.3) is 0 Å². The molecule has 1 aromatic rings. The van der Waals surface area contributed by atoms with E-state index in [0.717, 1.165) is 5.57 Å². The molecule has 1 heterocycles. The first-order valence-electron chi connectivity index (χ1n) is 4.56. The third-order valence-corrected chi connectivity index (χ3v) is 1.64. The molecule has 5 heteroatoms. The zero-order valence-corrected chi connectivity index (χ0v) is 8.80. The lowest BCUT2D eigenvalue weighted by Gasteiger charge is -2.01. The van der Waals surface area contributed by atoms with Crippen LogP contribution in [0.1, 0.15) is 5.82 Å². The number of hydrogen-bond acceptors (Lipinski definition) is 5. The molecule has 0 saturated carbocycles. The highest BCUT2D eigenvalue weighted by Crippen LogP contribution is 2.13. The minimum absolute atomic E-state index is 0.0875. The summed E-state index contributed by atoms with van der Waals surface area (Å²) in [6.45, 7) is 7.19. The molecule has 0 saturated heterocycles. The smallest absolute Gasteiger partial charge is 0.225 e. The maximum atomic E-state index is 5.48. The predicted octanol–water partition coefficient (Wildman–Crippen LogP) is 1.35. The predicted molar refractivity (Wildman–Crippen MR) is 66.2 cm³/mol. The van der Waals surface area contributed by atoms with Crippen LogP contribution in [0.15, 0.2) is 43.5 Å². The van der Waals surface area contributed by atoms with E-state index in [9.17, 15) is 0 Å². The molecular formula is C11H13N5. The molecule has 0 aliphatic heterocycles. The van der Waals surface area contributed by atoms with Gasteiger partial charge >= 0.3 is 0 Å². The molecule has 0 aliphatic rings. The third kappa shape index (κ3) is 3.06. The zero-order chi connectivity index (χ0) is 12.0. The minimum atomic E-state index is 0.0875. The molecule has 0 aliphatic carbocycles. The van der Waals surface area contributed by atoms with Crippen molar-refractivity contribution in [3.05, 3.63) is 49.4 Å². The average molecular weight is 215 g/mol. The van der Waals surface area contributed by atoms with E-state index in [4.69, 9.17) is 11.5 Å². The second-order valence-corrected chi connectivity index (χ2v) is 2.83. The van der Waals surface area contributed by atoms with Crippen LogP contribution in [0.2, 0.25) is 0 Å². The number of allylic oxidation sites excluding steroid dienone is 6. The van der Waals surface area contributed by atoms with Gasteiger partial charge in [0, 0.05) is 5.57 Å². The van der Waals surface area contributed by atoms with Crippen LogP contribution >= 0.6 is 0 Å². The fraction of sp³-hybridized carbons (Fsp3) is 0. The van der Waals surface area contributed by atoms with Crippen molar-refractivity contribution in [2.75, 3.05) is 11.5 Å². The first kappa shape index (κ1) is 11.6. The monoisotopic (exact) mass is 215 g/mol. The normalized spacial score (nSPS) is 11.6. The van der Waals surface area contributed by atoms with Crippen LogP contribution in [-0.4, -0.2) is 15.0 Å². The lowest BCUT2D eigenvalue weighted by atomic mass is 10.2. The van der Waals surface area contributed by atoms with Crippen molar-refractivity contribution in [2.45, 2.75) is 0 Å². The van der Waals surface area contributed by atoms with Gasteiger partial charge in [-0.1, -0.05) is 43.5 Å². The van der Waals surface area contributed by atoms with E-state index >= 15 is 0 Å². The van der Waals surface area contributed by atoms with Crippen molar-refractivity contribution < 1.29 is 0 Å². The average Bonchev–Trinajstić information content (AvgIpc) is 2.22. The molecule has 82 valence electrons. The van der Waals surface area contributed by atoms with Gasteiger partial charge in [-0.15, -0.1) is 0 Å². The van der Waals surface area contributed by atoms with Crippen LogP contribution in [0.25, 0.3) is 5.57 Å². The molecule has 1 aromatic heterocycles. The van der Waals surface area contributed by atoms with Gasteiger partial charge in [0.2, 0.25) is 11.9 Å². The lowest BCUT2D eigenvalue weighted by molar-refractivity contribution is 1.05. The molecule has 0 bridgehead atoms. The fourth-order valence-electron chi connectivity index (χ4n) is 1.04. The van der Waals surface area contributed by atoms with Gasteiger partial charge in [-0.3, -0.25) is 0 Å². The van der Waals surface area contributed by atoms with Crippen LogP contribution in [0.4, 0.5) is 11.9 Å². The van der Waals surface area contributed by atoms with Gasteiger partial charge < -0.3 is 11.5 Å². The Kier molecular flexibility index (Phi) is 3.97. The summed E-state index contributed by atoms with van der Waals surface area (Å²) in [5.74, 6) is 0.580. The van der Waals surface area contributed by atoms with E-state index < -0.39 is 0 Å². The Labute approximate surface area is 93.9 Å². The third-order valence-electron chi connectivity index (χ3n) is 1.64. The van der Waals surface area contributed by atoms with Crippen molar-refractivity contribution in [1.29, 1.82) is 0 Å². The molecule has 4 N–H and O–H groups in total. The van der Waals surface area contributed by atoms with Crippen molar-refractivity contribution in [2.24, 2.45) is 0 Å². The van der Waals surface area contributed by atoms with Crippen LogP contribution in [0.5, 0.6) is 0 Å². The summed E-state index contributed by atoms with van der Waals surface area (Å²) in [4.78, 5) is 11.7. The van der Waals surface area contributed by atoms with Gasteiger partial charge in [-0.25, -0.2) is 0 Å². The maximum Gasteiger partial charge on any atom is 0.225 e. The molecule has 0 spiro atoms. The van der Waals surface area contributed by atoms with Gasteiger partial charge in [0.1, 0.15) is 0 Å². The first-order chi connectivity index (χ1) is 7.67. The maximum absolute atomic E-state index is 5.48. The summed E-state index contributed by atoms with van der Waals surface area (Å²) in [5.41, 5.74) is 11.7. The second-order valence-electron chi connectivity index (χ2n) is 2.83. The molecule has 5 nitrogen and oxygen atoms in total. The highest BCUT2D eigenvalue weighted by Gasteiger charge is 2.04. The van der Waals surface area contributed by atoms with E-state index in [2.05, 4.69) is 28.1 Å². The second kappa shape index (κ2) is 5.45. The van der Waals surface area contributed by atoms with Gasteiger partial charge in [0.05, 0.1) is 0 Å². The number of aromatic nitrogens is 3. The molecule has 0 aromatic carbocycles. The van der Waals surface area contributed by atoms with Crippen molar-refractivity contribution in [3.8, 4) is 0 Å². The molecule has 1 rings (SSSR count). The number of rotatable bonds is 4. The summed E-state index contributed by atoms with van der Waals surface area (Å²) >= 11 is 0. The number of nitrogens with zero attached hydrogens (tertiary/aromatic N) is 3. The number of anilines is 2. The highest BCUT2D eigenvalue weighted by atomic mass is 15.1. The molecule has 0 amide bonds. The van der Waals surface area contributed by atoms with Gasteiger partial charge in [0.15, 0.2) is 5.82 Å². The fourth-order valence-corrected chi connectivity index (χ4v) is 1.04. The molecule has 0 radical (unpaired) electrons. The van der Waals surface area contributed by atoms with E-state index in [1.54, 1.807) is 30.4 Å². The standard InChI is InChI=1S/C11H13N5/c1-3-5-7-8(6-4-2)9-14-10(12)16-11(13)15-9/h3-7H,1-2H2,(H4,12,13,14,15,16)/b7-5-,8-6+. The van der Waals surface area contributed by atoms with Crippen LogP contribution in [-0.2, 0) is 0 Å². The van der Waals surface area contributed by atoms with Gasteiger partial charge in [-0.2, -0.15) is 15.0 Å². The zero-order valence-electron chi connectivity index (χ0n) is 8.80. The summed E-state index contributed by atoms with van der Waals surface area (Å²) in [6, 6.07) is 0. The Morgan fingerprint density at radius 2 is 1.62 bits per heavy atom. The first-order valence-corrected chi connectivity index (χ1v) is 4.56. The Bertz CT molecular complexity index is 439. The number of hydrogen-bond donors (Lipinski definition) is 2. The van der Waals surface area contributed by atoms with Crippen LogP contribution in [0, 0.1) is 0 Å². The molecule has 16 heavy (non-hydrogen) atoms. The molecular weight excluding hydrogens is 202 g/mol. The minimum Gasteiger partial charge on any atom is -0.368 e. The van der Waals surface area contributed by atoms with E-state index in [1.807, 2.05) is 0 Å². The molecule has 0 atom stereocenters. The Morgan fingerprint density at radius 1 is 1.00 bits per heavy atom. The van der Waals surface area contributed by atoms with Gasteiger partial charge in [-0.05, 0) is 0 Å². The summed E-state index contributed by atoms with van der Waals surface area (Å²) in [7, 11) is 0. The van der Waals surface area contributed by atoms with Crippen molar-refractivity contribution in [3.63, 3.8) is 0 Å². The summed E-state index contributed by atoms with van der Waals surface area (Å²) in [6.07, 6.45) is 8.55. The van der Waals surface area contributed by atoms with E-state index in [1.165, 1.54) is 0 Å². The van der Waals surface area contributed by atoms with E-state index in [-0.39, 0.29) is 11.9 Å². The topological polar surface area (TPSA) is 90.7 Å². The number of nitrogens with two attached hydrogens (primary N) is 2. The summed E-state index contributed by atoms with van der Waals surface area (Å²) < 4.78 is 0. The molecule has 0 fully saturated rings. The lowest BCUT2D eigenvalue weighted by Crippen LogP contribution is -2.05. The Balaban J connectivity index is 3.20. The SMILES string of the molecule is C=C/C=C\C(=C/C=C)c1nc(N)nc(N)n1. The van der Waals surface area contributed by atoms with E-state index in [0.29, 0.717) is 5.82 Å². The van der Waals surface area contributed by atoms with Crippen molar-refractivity contribution >= 4 is 17.5 Å². The highest BCUT2D eigenvalue weighted by molar-refractivity contribution is 5.71. The van der Waals surface area contributed by atoms with Crippen LogP contribution < -0.4 is 11.5 Å².